The Kier molecular flexibility index (Phi) is 3.09. The minimum Gasteiger partial charge on any atom is -0.486 e. The fourth-order valence-corrected chi connectivity index (χ4v) is 2.34. The number of anilines is 2. The number of fused-ring (bicyclic) bond motifs is 2. The third kappa shape index (κ3) is 2.34. The fourth-order valence-electron chi connectivity index (χ4n) is 2.34. The quantitative estimate of drug-likeness (QED) is 0.827. The minimum absolute atomic E-state index is 0.143. The first-order valence-corrected chi connectivity index (χ1v) is 6.34. The van der Waals surface area contributed by atoms with E-state index in [-0.39, 0.29) is 18.9 Å². The summed E-state index contributed by atoms with van der Waals surface area (Å²) in [5.41, 5.74) is 1.19. The molecule has 0 aromatic heterocycles. The van der Waals surface area contributed by atoms with E-state index in [1.807, 2.05) is 0 Å². The number of aliphatic carboxylic acids is 1. The maximum Gasteiger partial charge on any atom is 0.323 e. The predicted octanol–water partition coefficient (Wildman–Crippen LogP) is 0.691. The molecule has 0 unspecified atom stereocenters. The van der Waals surface area contributed by atoms with E-state index in [4.69, 9.17) is 14.6 Å². The zero-order chi connectivity index (χ0) is 14.1. The largest absolute Gasteiger partial charge is 0.486 e. The van der Waals surface area contributed by atoms with Crippen LogP contribution in [0.1, 0.15) is 6.42 Å². The number of carbonyl (C=O) groups excluding carboxylic acids is 1. The van der Waals surface area contributed by atoms with Crippen LogP contribution in [0.15, 0.2) is 12.1 Å². The molecule has 0 saturated heterocycles. The molecule has 1 aromatic carbocycles. The smallest absolute Gasteiger partial charge is 0.323 e. The second-order valence-electron chi connectivity index (χ2n) is 4.63. The fraction of sp³-hybridized carbons (Fsp3) is 0.385. The molecule has 0 aliphatic carbocycles. The van der Waals surface area contributed by atoms with Crippen LogP contribution in [0.4, 0.5) is 11.4 Å². The molecule has 0 radical (unpaired) electrons. The minimum atomic E-state index is -0.944. The maximum absolute atomic E-state index is 11.7. The highest BCUT2D eigenvalue weighted by Gasteiger charge is 2.24. The number of nitrogens with zero attached hydrogens (tertiary/aromatic N) is 1. The van der Waals surface area contributed by atoms with Crippen LogP contribution in [0.25, 0.3) is 0 Å². The average molecular weight is 278 g/mol. The van der Waals surface area contributed by atoms with Gasteiger partial charge in [-0.3, -0.25) is 9.59 Å². The van der Waals surface area contributed by atoms with Crippen LogP contribution in [-0.2, 0) is 9.59 Å². The predicted molar refractivity (Wildman–Crippen MR) is 70.5 cm³/mol. The van der Waals surface area contributed by atoms with Gasteiger partial charge in [0.05, 0.1) is 11.4 Å². The van der Waals surface area contributed by atoms with Gasteiger partial charge in [0.15, 0.2) is 11.5 Å². The summed E-state index contributed by atoms with van der Waals surface area (Å²) in [7, 11) is 0. The van der Waals surface area contributed by atoms with Gasteiger partial charge in [0.25, 0.3) is 0 Å². The van der Waals surface area contributed by atoms with E-state index in [0.717, 1.165) is 0 Å². The summed E-state index contributed by atoms with van der Waals surface area (Å²) in [5.74, 6) is 0.0463. The van der Waals surface area contributed by atoms with Crippen LogP contribution >= 0.6 is 0 Å². The molecule has 7 nitrogen and oxygen atoms in total. The molecule has 2 aliphatic rings. The lowest BCUT2D eigenvalue weighted by Gasteiger charge is -2.25. The molecule has 1 amide bonds. The molecule has 20 heavy (non-hydrogen) atoms. The van der Waals surface area contributed by atoms with Crippen molar-refractivity contribution in [1.82, 2.24) is 0 Å². The average Bonchev–Trinajstić information content (AvgIpc) is 2.55. The van der Waals surface area contributed by atoms with Crippen molar-refractivity contribution < 1.29 is 24.2 Å². The molecule has 0 fully saturated rings. The molecular formula is C13H14N2O5. The van der Waals surface area contributed by atoms with Crippen molar-refractivity contribution in [3.05, 3.63) is 12.1 Å². The van der Waals surface area contributed by atoms with E-state index in [2.05, 4.69) is 5.32 Å². The van der Waals surface area contributed by atoms with Crippen LogP contribution in [0.2, 0.25) is 0 Å². The Bertz CT molecular complexity index is 572. The van der Waals surface area contributed by atoms with Crippen LogP contribution < -0.4 is 19.7 Å². The van der Waals surface area contributed by atoms with Crippen LogP contribution in [-0.4, -0.2) is 43.3 Å². The Balaban J connectivity index is 2.03. The number of carbonyl (C=O) groups is 2. The number of ether oxygens (including phenoxy) is 2. The summed E-state index contributed by atoms with van der Waals surface area (Å²) in [6, 6.07) is 3.40. The number of hydrogen-bond donors (Lipinski definition) is 2. The van der Waals surface area contributed by atoms with E-state index < -0.39 is 5.97 Å². The highest BCUT2D eigenvalue weighted by Crippen LogP contribution is 2.40. The number of carboxylic acids is 1. The Morgan fingerprint density at radius 3 is 2.70 bits per heavy atom. The van der Waals surface area contributed by atoms with E-state index in [1.54, 1.807) is 17.0 Å². The molecular weight excluding hydrogens is 264 g/mol. The molecule has 2 heterocycles. The van der Waals surface area contributed by atoms with Gasteiger partial charge < -0.3 is 24.8 Å². The van der Waals surface area contributed by atoms with Gasteiger partial charge in [-0.25, -0.2) is 0 Å². The summed E-state index contributed by atoms with van der Waals surface area (Å²) in [6.07, 6.45) is 0.244. The second kappa shape index (κ2) is 4.92. The van der Waals surface area contributed by atoms with Crippen molar-refractivity contribution >= 4 is 23.3 Å². The molecule has 1 aromatic rings. The molecule has 0 bridgehead atoms. The number of carboxylic acid groups (broad SMARTS) is 1. The highest BCUT2D eigenvalue weighted by molar-refractivity contribution is 5.97. The van der Waals surface area contributed by atoms with Crippen LogP contribution in [0, 0.1) is 0 Å². The van der Waals surface area contributed by atoms with Crippen molar-refractivity contribution in [1.29, 1.82) is 0 Å². The molecule has 0 atom stereocenters. The molecule has 2 N–H and O–H groups in total. The zero-order valence-electron chi connectivity index (χ0n) is 10.7. The normalized spacial score (nSPS) is 17.0. The van der Waals surface area contributed by atoms with Gasteiger partial charge in [0, 0.05) is 25.1 Å². The standard InChI is InChI=1S/C13H14N2O5/c16-12-1-2-15(7-13(17)18)9-6-11-10(5-8(9)14-12)19-3-4-20-11/h5-6H,1-4,7H2,(H,14,16)(H,17,18). The molecule has 3 rings (SSSR count). The molecule has 0 saturated carbocycles. The van der Waals surface area contributed by atoms with Crippen molar-refractivity contribution in [3.63, 3.8) is 0 Å². The topological polar surface area (TPSA) is 88.1 Å². The first-order valence-electron chi connectivity index (χ1n) is 6.34. The lowest BCUT2D eigenvalue weighted by atomic mass is 10.2. The summed E-state index contributed by atoms with van der Waals surface area (Å²) in [5, 5.41) is 11.8. The Morgan fingerprint density at radius 1 is 1.30 bits per heavy atom. The van der Waals surface area contributed by atoms with Gasteiger partial charge >= 0.3 is 5.97 Å². The molecule has 0 spiro atoms. The van der Waals surface area contributed by atoms with Gasteiger partial charge in [-0.1, -0.05) is 0 Å². The zero-order valence-corrected chi connectivity index (χ0v) is 10.7. The van der Waals surface area contributed by atoms with E-state index in [9.17, 15) is 9.59 Å². The molecule has 7 heteroatoms. The van der Waals surface area contributed by atoms with Gasteiger partial charge in [0.1, 0.15) is 19.8 Å². The van der Waals surface area contributed by atoms with Crippen molar-refractivity contribution in [2.45, 2.75) is 6.42 Å². The summed E-state index contributed by atoms with van der Waals surface area (Å²) < 4.78 is 11.0. The lowest BCUT2D eigenvalue weighted by molar-refractivity contribution is -0.135. The van der Waals surface area contributed by atoms with Gasteiger partial charge in [0.2, 0.25) is 5.91 Å². The Hall–Kier alpha value is -2.44. The maximum atomic E-state index is 11.7. The SMILES string of the molecule is O=C(O)CN1CCC(=O)Nc2cc3c(cc21)OCCO3. The van der Waals surface area contributed by atoms with Crippen LogP contribution in [0.3, 0.4) is 0 Å². The van der Waals surface area contributed by atoms with Crippen molar-refractivity contribution in [3.8, 4) is 11.5 Å². The number of hydrogen-bond acceptors (Lipinski definition) is 5. The Morgan fingerprint density at radius 2 is 2.00 bits per heavy atom. The van der Waals surface area contributed by atoms with E-state index >= 15 is 0 Å². The summed E-state index contributed by atoms with van der Waals surface area (Å²) >= 11 is 0. The van der Waals surface area contributed by atoms with Crippen molar-refractivity contribution in [2.24, 2.45) is 0 Å². The van der Waals surface area contributed by atoms with Gasteiger partial charge in [-0.15, -0.1) is 0 Å². The van der Waals surface area contributed by atoms with Crippen LogP contribution in [0.5, 0.6) is 11.5 Å². The first kappa shape index (κ1) is 12.6. The van der Waals surface area contributed by atoms with E-state index in [0.29, 0.717) is 42.6 Å². The first-order chi connectivity index (χ1) is 9.63. The van der Waals surface area contributed by atoms with Gasteiger partial charge in [-0.2, -0.15) is 0 Å². The summed E-state index contributed by atoms with van der Waals surface area (Å²) in [4.78, 5) is 24.3. The third-order valence-electron chi connectivity index (χ3n) is 3.21. The molecule has 106 valence electrons. The number of benzene rings is 1. The number of rotatable bonds is 2. The number of nitrogens with one attached hydrogen (secondary N) is 1. The number of amides is 1. The van der Waals surface area contributed by atoms with Crippen molar-refractivity contribution in [2.75, 3.05) is 36.5 Å². The Labute approximate surface area is 115 Å². The highest BCUT2D eigenvalue weighted by atomic mass is 16.6. The lowest BCUT2D eigenvalue weighted by Crippen LogP contribution is -2.30. The third-order valence-corrected chi connectivity index (χ3v) is 3.21. The van der Waals surface area contributed by atoms with E-state index in [1.165, 1.54) is 0 Å². The monoisotopic (exact) mass is 278 g/mol. The van der Waals surface area contributed by atoms with Gasteiger partial charge in [-0.05, 0) is 0 Å². The summed E-state index contributed by atoms with van der Waals surface area (Å²) in [6.45, 7) is 1.10. The second-order valence-corrected chi connectivity index (χ2v) is 4.63. The molecule has 2 aliphatic heterocycles.